The molecule has 1 aromatic heterocycles. The van der Waals surface area contributed by atoms with E-state index in [9.17, 15) is 9.18 Å². The highest BCUT2D eigenvalue weighted by Gasteiger charge is 2.32. The highest BCUT2D eigenvalue weighted by atomic mass is 32.2. The predicted molar refractivity (Wildman–Crippen MR) is 115 cm³/mol. The average Bonchev–Trinajstić information content (AvgIpc) is 3.03. The Labute approximate surface area is 172 Å². The molecule has 0 amide bonds. The van der Waals surface area contributed by atoms with Gasteiger partial charge >= 0.3 is 0 Å². The number of fused-ring (bicyclic) bond motifs is 1. The van der Waals surface area contributed by atoms with Crippen molar-refractivity contribution >= 4 is 22.6 Å². The van der Waals surface area contributed by atoms with Gasteiger partial charge in [-0.05, 0) is 44.5 Å². The molecule has 0 radical (unpaired) electrons. The summed E-state index contributed by atoms with van der Waals surface area (Å²) in [5, 5.41) is 3.57. The van der Waals surface area contributed by atoms with Crippen LogP contribution in [0.25, 0.3) is 0 Å². The van der Waals surface area contributed by atoms with E-state index >= 15 is 0 Å². The fourth-order valence-electron chi connectivity index (χ4n) is 3.42. The second-order valence-electron chi connectivity index (χ2n) is 7.23. The molecule has 1 aliphatic heterocycles. The van der Waals surface area contributed by atoms with Crippen LogP contribution in [-0.2, 0) is 6.61 Å². The highest BCUT2D eigenvalue weighted by molar-refractivity contribution is 8.14. The molecule has 4 rings (SSSR count). The van der Waals surface area contributed by atoms with E-state index in [1.54, 1.807) is 6.07 Å². The van der Waals surface area contributed by atoms with Crippen LogP contribution >= 0.6 is 11.8 Å². The van der Waals surface area contributed by atoms with Gasteiger partial charge in [0.15, 0.2) is 5.82 Å². The maximum atomic E-state index is 13.5. The van der Waals surface area contributed by atoms with Crippen molar-refractivity contribution in [3.63, 3.8) is 0 Å². The number of nitrogens with one attached hydrogen (secondary N) is 1. The Hall–Kier alpha value is -2.80. The van der Waals surface area contributed by atoms with Crippen LogP contribution in [0.2, 0.25) is 0 Å². The molecule has 5 nitrogen and oxygen atoms in total. The van der Waals surface area contributed by atoms with Gasteiger partial charge in [0, 0.05) is 11.6 Å². The normalized spacial score (nSPS) is 15.9. The summed E-state index contributed by atoms with van der Waals surface area (Å²) in [6.45, 7) is 6.20. The third-order valence-corrected chi connectivity index (χ3v) is 5.91. The molecule has 0 saturated heterocycles. The van der Waals surface area contributed by atoms with Gasteiger partial charge in [0.1, 0.15) is 18.2 Å². The zero-order chi connectivity index (χ0) is 20.5. The molecular formula is C22H22FN3O2S. The maximum absolute atomic E-state index is 13.5. The number of para-hydroxylation sites is 1. The van der Waals surface area contributed by atoms with E-state index in [1.165, 1.54) is 23.9 Å². The van der Waals surface area contributed by atoms with Crippen LogP contribution in [0.1, 0.15) is 48.8 Å². The Kier molecular flexibility index (Phi) is 5.32. The van der Waals surface area contributed by atoms with Crippen LogP contribution < -0.4 is 10.3 Å². The fourth-order valence-corrected chi connectivity index (χ4v) is 4.55. The zero-order valence-corrected chi connectivity index (χ0v) is 17.3. The number of rotatable bonds is 5. The van der Waals surface area contributed by atoms with Crippen LogP contribution in [-0.4, -0.2) is 14.8 Å². The summed E-state index contributed by atoms with van der Waals surface area (Å²) in [7, 11) is 0. The van der Waals surface area contributed by atoms with E-state index in [0.29, 0.717) is 17.1 Å². The van der Waals surface area contributed by atoms with Crippen molar-refractivity contribution in [2.24, 2.45) is 4.99 Å². The molecule has 2 heterocycles. The van der Waals surface area contributed by atoms with Crippen LogP contribution in [0.3, 0.4) is 0 Å². The Bertz CT molecular complexity index is 1130. The molecule has 0 fully saturated rings. The summed E-state index contributed by atoms with van der Waals surface area (Å²) in [5.41, 5.74) is 2.15. The Morgan fingerprint density at radius 2 is 2.03 bits per heavy atom. The van der Waals surface area contributed by atoms with Crippen molar-refractivity contribution in [1.29, 1.82) is 0 Å². The number of H-pyrrole nitrogens is 1. The van der Waals surface area contributed by atoms with E-state index in [1.807, 2.05) is 55.8 Å². The number of hydrogen-bond acceptors (Lipinski definition) is 4. The van der Waals surface area contributed by atoms with E-state index < -0.39 is 0 Å². The standard InChI is InChI=1S/C22H22FN3O2S/c1-13(2)26-21-19(22(27)25-26)20(29-14(3)24-21)17-9-4-5-10-18(17)28-12-15-7-6-8-16(23)11-15/h4-11,13,20H,12H2,1-3H3,(H,25,27)/t20-/m1/s1. The lowest BCUT2D eigenvalue weighted by Crippen LogP contribution is -2.14. The van der Waals surface area contributed by atoms with Gasteiger partial charge < -0.3 is 4.74 Å². The van der Waals surface area contributed by atoms with Gasteiger partial charge in [-0.3, -0.25) is 14.6 Å². The summed E-state index contributed by atoms with van der Waals surface area (Å²) >= 11 is 1.54. The molecular weight excluding hydrogens is 389 g/mol. The van der Waals surface area contributed by atoms with Crippen molar-refractivity contribution in [3.05, 3.63) is 81.4 Å². The second-order valence-corrected chi connectivity index (χ2v) is 8.53. The first kappa shape index (κ1) is 19.5. The lowest BCUT2D eigenvalue weighted by atomic mass is 10.0. The third kappa shape index (κ3) is 3.87. The molecule has 0 unspecified atom stereocenters. The van der Waals surface area contributed by atoms with Crippen molar-refractivity contribution < 1.29 is 9.13 Å². The summed E-state index contributed by atoms with van der Waals surface area (Å²) in [6, 6.07) is 14.1. The summed E-state index contributed by atoms with van der Waals surface area (Å²) in [4.78, 5) is 17.4. The molecule has 3 aromatic rings. The maximum Gasteiger partial charge on any atom is 0.271 e. The second kappa shape index (κ2) is 7.91. The number of benzene rings is 2. The lowest BCUT2D eigenvalue weighted by Gasteiger charge is -2.23. The van der Waals surface area contributed by atoms with Crippen LogP contribution in [0.15, 0.2) is 58.3 Å². The van der Waals surface area contributed by atoms with Crippen LogP contribution in [0.5, 0.6) is 5.75 Å². The predicted octanol–water partition coefficient (Wildman–Crippen LogP) is 5.36. The molecule has 0 bridgehead atoms. The minimum Gasteiger partial charge on any atom is -0.489 e. The SMILES string of the molecule is CC1=Nc2c(c(=O)[nH]n2C(C)C)[C@@H](c2ccccc2OCc2cccc(F)c2)S1. The minimum atomic E-state index is -0.291. The van der Waals surface area contributed by atoms with Crippen molar-refractivity contribution in [3.8, 4) is 5.75 Å². The van der Waals surface area contributed by atoms with E-state index in [0.717, 1.165) is 16.2 Å². The van der Waals surface area contributed by atoms with Gasteiger partial charge in [0.05, 0.1) is 15.9 Å². The molecule has 1 N–H and O–H groups in total. The van der Waals surface area contributed by atoms with Gasteiger partial charge in [-0.15, -0.1) is 0 Å². The van der Waals surface area contributed by atoms with Gasteiger partial charge in [-0.25, -0.2) is 9.38 Å². The zero-order valence-electron chi connectivity index (χ0n) is 16.5. The van der Waals surface area contributed by atoms with E-state index in [2.05, 4.69) is 10.1 Å². The Balaban J connectivity index is 1.72. The number of aliphatic imine (C=N–C) groups is 1. The van der Waals surface area contributed by atoms with Gasteiger partial charge in [0.2, 0.25) is 0 Å². The molecule has 0 saturated carbocycles. The number of thioether (sulfide) groups is 1. The van der Waals surface area contributed by atoms with E-state index in [-0.39, 0.29) is 29.3 Å². The Morgan fingerprint density at radius 1 is 1.24 bits per heavy atom. The average molecular weight is 412 g/mol. The van der Waals surface area contributed by atoms with Crippen molar-refractivity contribution in [2.75, 3.05) is 0 Å². The monoisotopic (exact) mass is 411 g/mol. The van der Waals surface area contributed by atoms with Gasteiger partial charge in [0.25, 0.3) is 5.56 Å². The first-order chi connectivity index (χ1) is 13.9. The number of ether oxygens (including phenoxy) is 1. The van der Waals surface area contributed by atoms with Crippen molar-refractivity contribution in [1.82, 2.24) is 9.78 Å². The molecule has 0 spiro atoms. The third-order valence-electron chi connectivity index (χ3n) is 4.75. The first-order valence-corrected chi connectivity index (χ1v) is 10.3. The number of halogens is 1. The summed E-state index contributed by atoms with van der Waals surface area (Å²) in [5.74, 6) is 1.05. The summed E-state index contributed by atoms with van der Waals surface area (Å²) in [6.07, 6.45) is 0. The first-order valence-electron chi connectivity index (χ1n) is 9.46. The molecule has 0 aliphatic carbocycles. The minimum absolute atomic E-state index is 0.0891. The largest absolute Gasteiger partial charge is 0.489 e. The lowest BCUT2D eigenvalue weighted by molar-refractivity contribution is 0.302. The van der Waals surface area contributed by atoms with Gasteiger partial charge in [-0.1, -0.05) is 42.1 Å². The van der Waals surface area contributed by atoms with E-state index in [4.69, 9.17) is 4.74 Å². The van der Waals surface area contributed by atoms with Crippen LogP contribution in [0, 0.1) is 5.82 Å². The summed E-state index contributed by atoms with van der Waals surface area (Å²) < 4.78 is 21.3. The number of hydrogen-bond donors (Lipinski definition) is 1. The highest BCUT2D eigenvalue weighted by Crippen LogP contribution is 2.46. The number of aromatic amines is 1. The molecule has 1 aliphatic rings. The topological polar surface area (TPSA) is 59.4 Å². The fraction of sp³-hybridized carbons (Fsp3) is 0.273. The smallest absolute Gasteiger partial charge is 0.271 e. The van der Waals surface area contributed by atoms with Gasteiger partial charge in [-0.2, -0.15) is 0 Å². The molecule has 2 aromatic carbocycles. The van der Waals surface area contributed by atoms with Crippen molar-refractivity contribution in [2.45, 2.75) is 38.7 Å². The molecule has 29 heavy (non-hydrogen) atoms. The molecule has 150 valence electrons. The van der Waals surface area contributed by atoms with Crippen LogP contribution in [0.4, 0.5) is 10.2 Å². The molecule has 1 atom stereocenters. The molecule has 7 heteroatoms. The Morgan fingerprint density at radius 3 is 2.79 bits per heavy atom. The quantitative estimate of drug-likeness (QED) is 0.615. The number of nitrogens with zero attached hydrogens (tertiary/aromatic N) is 2. The number of aromatic nitrogens is 2.